The predicted molar refractivity (Wildman–Crippen MR) is 69.4 cm³/mol. The Bertz CT molecular complexity index is 363. The van der Waals surface area contributed by atoms with Crippen molar-refractivity contribution in [3.05, 3.63) is 35.4 Å². The van der Waals surface area contributed by atoms with Crippen LogP contribution in [0.5, 0.6) is 0 Å². The summed E-state index contributed by atoms with van der Waals surface area (Å²) in [6.45, 7) is 4.27. The molecule has 0 saturated heterocycles. The van der Waals surface area contributed by atoms with Crippen LogP contribution in [-0.4, -0.2) is 12.1 Å². The van der Waals surface area contributed by atoms with Gasteiger partial charge in [-0.05, 0) is 24.3 Å². The molecule has 0 heterocycles. The number of ketones is 1. The number of rotatable bonds is 7. The first kappa shape index (κ1) is 13.6. The summed E-state index contributed by atoms with van der Waals surface area (Å²) in [7, 11) is 0. The zero-order valence-electron chi connectivity index (χ0n) is 10.6. The van der Waals surface area contributed by atoms with Crippen molar-refractivity contribution >= 4 is 12.1 Å². The summed E-state index contributed by atoms with van der Waals surface area (Å²) in [6, 6.07) is 7.83. The monoisotopic (exact) mass is 232 g/mol. The van der Waals surface area contributed by atoms with Gasteiger partial charge in [-0.3, -0.25) is 4.79 Å². The van der Waals surface area contributed by atoms with Crippen molar-refractivity contribution in [2.24, 2.45) is 0 Å². The van der Waals surface area contributed by atoms with Crippen molar-refractivity contribution in [2.75, 3.05) is 0 Å². The minimum atomic E-state index is 0.172. The van der Waals surface area contributed by atoms with Gasteiger partial charge in [0.15, 0.2) is 5.78 Å². The van der Waals surface area contributed by atoms with Gasteiger partial charge in [-0.15, -0.1) is 0 Å². The number of hydrogen-bond donors (Lipinski definition) is 0. The molecule has 0 saturated carbocycles. The number of aldehydes is 1. The fourth-order valence-electron chi connectivity index (χ4n) is 1.71. The third-order valence-electron chi connectivity index (χ3n) is 2.88. The Kier molecular flexibility index (Phi) is 5.61. The van der Waals surface area contributed by atoms with Crippen LogP contribution >= 0.6 is 0 Å². The van der Waals surface area contributed by atoms with E-state index in [2.05, 4.69) is 13.8 Å². The van der Waals surface area contributed by atoms with Gasteiger partial charge in [-0.1, -0.05) is 38.1 Å². The first-order chi connectivity index (χ1) is 8.15. The molecule has 0 amide bonds. The fourth-order valence-corrected chi connectivity index (χ4v) is 1.71. The van der Waals surface area contributed by atoms with Gasteiger partial charge in [-0.2, -0.15) is 0 Å². The Balaban J connectivity index is 2.49. The Hall–Kier alpha value is -1.44. The number of Topliss-reactive ketones (excluding diaryl/α,β-unsaturated/α-hetero) is 1. The molecule has 0 fully saturated rings. The van der Waals surface area contributed by atoms with E-state index < -0.39 is 0 Å². The maximum atomic E-state index is 11.8. The maximum absolute atomic E-state index is 11.8. The Morgan fingerprint density at radius 3 is 2.35 bits per heavy atom. The normalized spacial score (nSPS) is 10.5. The van der Waals surface area contributed by atoms with Gasteiger partial charge in [0.05, 0.1) is 0 Å². The standard InChI is InChI=1S/C15H20O2/c1-12(2)13-7-9-14(10-8-13)15(17)6-4-3-5-11-16/h7-12H,3-6H2,1-2H3. The highest BCUT2D eigenvalue weighted by Gasteiger charge is 2.06. The zero-order valence-corrected chi connectivity index (χ0v) is 10.6. The average molecular weight is 232 g/mol. The molecule has 0 bridgehead atoms. The molecule has 0 aliphatic carbocycles. The van der Waals surface area contributed by atoms with E-state index in [-0.39, 0.29) is 5.78 Å². The van der Waals surface area contributed by atoms with E-state index in [9.17, 15) is 9.59 Å². The molecular formula is C15H20O2. The first-order valence-corrected chi connectivity index (χ1v) is 6.22. The van der Waals surface area contributed by atoms with E-state index in [0.717, 1.165) is 24.7 Å². The number of carbonyl (C=O) groups is 2. The summed E-state index contributed by atoms with van der Waals surface area (Å²) in [5, 5.41) is 0. The van der Waals surface area contributed by atoms with Gasteiger partial charge in [0.25, 0.3) is 0 Å². The highest BCUT2D eigenvalue weighted by atomic mass is 16.1. The van der Waals surface area contributed by atoms with Gasteiger partial charge < -0.3 is 4.79 Å². The molecule has 1 aromatic carbocycles. The maximum Gasteiger partial charge on any atom is 0.162 e. The Labute approximate surface area is 103 Å². The summed E-state index contributed by atoms with van der Waals surface area (Å²) in [6.07, 6.45) is 3.60. The van der Waals surface area contributed by atoms with Gasteiger partial charge >= 0.3 is 0 Å². The summed E-state index contributed by atoms with van der Waals surface area (Å²) in [5.41, 5.74) is 2.03. The van der Waals surface area contributed by atoms with Crippen molar-refractivity contribution < 1.29 is 9.59 Å². The number of unbranched alkanes of at least 4 members (excludes halogenated alkanes) is 2. The largest absolute Gasteiger partial charge is 0.303 e. The van der Waals surface area contributed by atoms with Crippen LogP contribution in [-0.2, 0) is 4.79 Å². The van der Waals surface area contributed by atoms with Crippen molar-refractivity contribution in [3.8, 4) is 0 Å². The number of hydrogen-bond acceptors (Lipinski definition) is 2. The molecule has 0 atom stereocenters. The SMILES string of the molecule is CC(C)c1ccc(C(=O)CCCCC=O)cc1. The quantitative estimate of drug-likeness (QED) is 0.407. The molecule has 2 nitrogen and oxygen atoms in total. The third kappa shape index (κ3) is 4.51. The minimum absolute atomic E-state index is 0.172. The van der Waals surface area contributed by atoms with E-state index in [1.54, 1.807) is 0 Å². The van der Waals surface area contributed by atoms with E-state index in [1.165, 1.54) is 5.56 Å². The topological polar surface area (TPSA) is 34.1 Å². The van der Waals surface area contributed by atoms with Crippen molar-refractivity contribution in [2.45, 2.75) is 45.4 Å². The Morgan fingerprint density at radius 1 is 1.18 bits per heavy atom. The van der Waals surface area contributed by atoms with Crippen LogP contribution in [0, 0.1) is 0 Å². The molecular weight excluding hydrogens is 212 g/mol. The van der Waals surface area contributed by atoms with Crippen LogP contribution in [0.3, 0.4) is 0 Å². The van der Waals surface area contributed by atoms with Gasteiger partial charge in [0.1, 0.15) is 6.29 Å². The molecule has 92 valence electrons. The predicted octanol–water partition coefficient (Wildman–Crippen LogP) is 3.75. The highest BCUT2D eigenvalue weighted by Crippen LogP contribution is 2.16. The van der Waals surface area contributed by atoms with E-state index >= 15 is 0 Å². The zero-order chi connectivity index (χ0) is 12.7. The van der Waals surface area contributed by atoms with Crippen molar-refractivity contribution in [3.63, 3.8) is 0 Å². The van der Waals surface area contributed by atoms with Crippen LogP contribution in [0.4, 0.5) is 0 Å². The molecule has 17 heavy (non-hydrogen) atoms. The van der Waals surface area contributed by atoms with Gasteiger partial charge in [0, 0.05) is 18.4 Å². The second kappa shape index (κ2) is 7.00. The van der Waals surface area contributed by atoms with Gasteiger partial charge in [0.2, 0.25) is 0 Å². The van der Waals surface area contributed by atoms with Crippen LogP contribution < -0.4 is 0 Å². The van der Waals surface area contributed by atoms with Crippen molar-refractivity contribution in [1.29, 1.82) is 0 Å². The van der Waals surface area contributed by atoms with E-state index in [0.29, 0.717) is 18.8 Å². The Morgan fingerprint density at radius 2 is 1.82 bits per heavy atom. The summed E-state index contributed by atoms with van der Waals surface area (Å²) >= 11 is 0. The minimum Gasteiger partial charge on any atom is -0.303 e. The van der Waals surface area contributed by atoms with Crippen molar-refractivity contribution in [1.82, 2.24) is 0 Å². The molecule has 1 aromatic rings. The molecule has 0 aromatic heterocycles. The number of carbonyl (C=O) groups excluding carboxylic acids is 2. The molecule has 0 N–H and O–H groups in total. The summed E-state index contributed by atoms with van der Waals surface area (Å²) in [5.74, 6) is 0.665. The molecule has 0 aliphatic rings. The van der Waals surface area contributed by atoms with Crippen LogP contribution in [0.1, 0.15) is 61.4 Å². The first-order valence-electron chi connectivity index (χ1n) is 6.22. The molecule has 1 rings (SSSR count). The molecule has 0 unspecified atom stereocenters. The molecule has 0 radical (unpaired) electrons. The van der Waals surface area contributed by atoms with Crippen LogP contribution in [0.25, 0.3) is 0 Å². The lowest BCUT2D eigenvalue weighted by Gasteiger charge is -2.06. The smallest absolute Gasteiger partial charge is 0.162 e. The summed E-state index contributed by atoms with van der Waals surface area (Å²) in [4.78, 5) is 21.9. The molecule has 2 heteroatoms. The highest BCUT2D eigenvalue weighted by molar-refractivity contribution is 5.96. The lowest BCUT2D eigenvalue weighted by atomic mass is 9.99. The van der Waals surface area contributed by atoms with E-state index in [4.69, 9.17) is 0 Å². The fraction of sp³-hybridized carbons (Fsp3) is 0.467. The second-order valence-corrected chi connectivity index (χ2v) is 4.61. The lowest BCUT2D eigenvalue weighted by molar-refractivity contribution is -0.107. The summed E-state index contributed by atoms with van der Waals surface area (Å²) < 4.78 is 0. The van der Waals surface area contributed by atoms with E-state index in [1.807, 2.05) is 24.3 Å². The number of benzene rings is 1. The second-order valence-electron chi connectivity index (χ2n) is 4.61. The average Bonchev–Trinajstić information content (AvgIpc) is 2.34. The lowest BCUT2D eigenvalue weighted by Crippen LogP contribution is -1.99. The van der Waals surface area contributed by atoms with Gasteiger partial charge in [-0.25, -0.2) is 0 Å². The van der Waals surface area contributed by atoms with Crippen LogP contribution in [0.2, 0.25) is 0 Å². The third-order valence-corrected chi connectivity index (χ3v) is 2.88. The molecule has 0 spiro atoms. The van der Waals surface area contributed by atoms with Crippen LogP contribution in [0.15, 0.2) is 24.3 Å². The molecule has 0 aliphatic heterocycles.